The minimum Gasteiger partial charge on any atom is -0.334 e. The quantitative estimate of drug-likeness (QED) is 0.924. The molecular weight excluding hydrogens is 283 g/mol. The van der Waals surface area contributed by atoms with Crippen molar-refractivity contribution in [2.45, 2.75) is 24.9 Å². The monoisotopic (exact) mass is 297 g/mol. The molecule has 112 valence electrons. The summed E-state index contributed by atoms with van der Waals surface area (Å²) in [4.78, 5) is 4.24. The fraction of sp³-hybridized carbons (Fsp3) is 0.429. The normalized spacial score (nSPS) is 19.7. The van der Waals surface area contributed by atoms with Crippen LogP contribution < -0.4 is 5.32 Å². The van der Waals surface area contributed by atoms with Crippen molar-refractivity contribution in [3.05, 3.63) is 35.7 Å². The number of hydrogen-bond acceptors (Lipinski definition) is 4. The summed E-state index contributed by atoms with van der Waals surface area (Å²) in [5.74, 6) is 0.832. The zero-order valence-corrected chi connectivity index (χ0v) is 11.2. The molecule has 4 nitrogen and oxygen atoms in total. The minimum absolute atomic E-state index is 0.127. The van der Waals surface area contributed by atoms with Gasteiger partial charge in [0.1, 0.15) is 0 Å². The minimum atomic E-state index is -4.38. The molecule has 0 radical (unpaired) electrons. The Labute approximate surface area is 119 Å². The van der Waals surface area contributed by atoms with Crippen molar-refractivity contribution in [1.82, 2.24) is 15.5 Å². The lowest BCUT2D eigenvalue weighted by Gasteiger charge is -2.19. The number of halogens is 3. The van der Waals surface area contributed by atoms with E-state index in [1.807, 2.05) is 0 Å². The molecular formula is C14H14F3N3O. The van der Waals surface area contributed by atoms with Crippen LogP contribution in [0.4, 0.5) is 13.2 Å². The summed E-state index contributed by atoms with van der Waals surface area (Å²) in [7, 11) is 0. The first-order valence-electron chi connectivity index (χ1n) is 6.76. The van der Waals surface area contributed by atoms with Crippen LogP contribution in [0.1, 0.15) is 30.1 Å². The van der Waals surface area contributed by atoms with Gasteiger partial charge in [-0.2, -0.15) is 18.2 Å². The lowest BCUT2D eigenvalue weighted by Crippen LogP contribution is -2.28. The number of nitrogens with zero attached hydrogens (tertiary/aromatic N) is 2. The molecule has 1 aliphatic heterocycles. The van der Waals surface area contributed by atoms with Crippen LogP contribution in [-0.4, -0.2) is 23.2 Å². The highest BCUT2D eigenvalue weighted by atomic mass is 19.4. The maximum atomic E-state index is 12.7. The van der Waals surface area contributed by atoms with Crippen LogP contribution in [0, 0.1) is 0 Å². The second kappa shape index (κ2) is 5.48. The number of aromatic nitrogens is 2. The average molecular weight is 297 g/mol. The second-order valence-electron chi connectivity index (χ2n) is 5.08. The van der Waals surface area contributed by atoms with E-state index in [1.165, 1.54) is 12.1 Å². The molecule has 1 unspecified atom stereocenters. The fourth-order valence-electron chi connectivity index (χ4n) is 2.42. The number of alkyl halides is 3. The van der Waals surface area contributed by atoms with Crippen molar-refractivity contribution in [3.8, 4) is 11.5 Å². The standard InChI is InChI=1S/C14H14F3N3O/c15-14(16,17)11-5-1-3-9(7-11)13-19-12(20-21-13)10-4-2-6-18-8-10/h1,3,5,7,10,18H,2,4,6,8H2. The van der Waals surface area contributed by atoms with Gasteiger partial charge in [-0.1, -0.05) is 11.2 Å². The van der Waals surface area contributed by atoms with Gasteiger partial charge < -0.3 is 9.84 Å². The van der Waals surface area contributed by atoms with Crippen LogP contribution in [0.3, 0.4) is 0 Å². The van der Waals surface area contributed by atoms with Gasteiger partial charge in [0.25, 0.3) is 5.89 Å². The molecule has 1 aromatic carbocycles. The van der Waals surface area contributed by atoms with Crippen molar-refractivity contribution in [1.29, 1.82) is 0 Å². The Morgan fingerprint density at radius 1 is 1.29 bits per heavy atom. The zero-order valence-electron chi connectivity index (χ0n) is 11.2. The average Bonchev–Trinajstić information content (AvgIpc) is 2.97. The Hall–Kier alpha value is -1.89. The zero-order chi connectivity index (χ0) is 14.9. The third-order valence-electron chi connectivity index (χ3n) is 3.54. The van der Waals surface area contributed by atoms with Gasteiger partial charge in [-0.25, -0.2) is 0 Å². The van der Waals surface area contributed by atoms with Crippen LogP contribution in [0.2, 0.25) is 0 Å². The topological polar surface area (TPSA) is 51.0 Å². The third kappa shape index (κ3) is 3.07. The summed E-state index contributed by atoms with van der Waals surface area (Å²) < 4.78 is 43.2. The molecule has 0 aliphatic carbocycles. The molecule has 1 aromatic heterocycles. The first-order chi connectivity index (χ1) is 10.0. The van der Waals surface area contributed by atoms with Crippen molar-refractivity contribution in [3.63, 3.8) is 0 Å². The molecule has 21 heavy (non-hydrogen) atoms. The molecule has 1 saturated heterocycles. The molecule has 1 fully saturated rings. The highest BCUT2D eigenvalue weighted by Gasteiger charge is 2.31. The van der Waals surface area contributed by atoms with Gasteiger partial charge in [0.2, 0.25) is 0 Å². The molecule has 0 bridgehead atoms. The molecule has 0 saturated carbocycles. The summed E-state index contributed by atoms with van der Waals surface area (Å²) in [6.07, 6.45) is -2.40. The van der Waals surface area contributed by atoms with Crippen LogP contribution in [0.5, 0.6) is 0 Å². The lowest BCUT2D eigenvalue weighted by atomic mass is 9.99. The van der Waals surface area contributed by atoms with Gasteiger partial charge in [-0.05, 0) is 37.6 Å². The summed E-state index contributed by atoms with van der Waals surface area (Å²) in [5.41, 5.74) is -0.438. The van der Waals surface area contributed by atoms with Gasteiger partial charge >= 0.3 is 6.18 Å². The number of hydrogen-bond donors (Lipinski definition) is 1. The lowest BCUT2D eigenvalue weighted by molar-refractivity contribution is -0.137. The molecule has 3 rings (SSSR count). The molecule has 1 atom stereocenters. The predicted octanol–water partition coefficient (Wildman–Crippen LogP) is 3.22. The summed E-state index contributed by atoms with van der Waals surface area (Å²) in [6, 6.07) is 4.91. The molecule has 0 amide bonds. The molecule has 0 spiro atoms. The SMILES string of the molecule is FC(F)(F)c1cccc(-c2nc(C3CCCNC3)no2)c1. The fourth-order valence-corrected chi connectivity index (χ4v) is 2.42. The Kier molecular flexibility index (Phi) is 3.67. The Morgan fingerprint density at radius 2 is 2.14 bits per heavy atom. The highest BCUT2D eigenvalue weighted by molar-refractivity contribution is 5.54. The number of rotatable bonds is 2. The predicted molar refractivity (Wildman–Crippen MR) is 69.6 cm³/mol. The summed E-state index contributed by atoms with van der Waals surface area (Å²) in [5, 5.41) is 7.14. The second-order valence-corrected chi connectivity index (χ2v) is 5.08. The Bertz CT molecular complexity index is 618. The van der Waals surface area contributed by atoms with Crippen LogP contribution >= 0.6 is 0 Å². The van der Waals surface area contributed by atoms with E-state index in [0.717, 1.165) is 38.1 Å². The van der Waals surface area contributed by atoms with Crippen LogP contribution in [-0.2, 0) is 6.18 Å². The third-order valence-corrected chi connectivity index (χ3v) is 3.54. The molecule has 1 N–H and O–H groups in total. The van der Waals surface area contributed by atoms with Gasteiger partial charge in [-0.3, -0.25) is 0 Å². The number of nitrogens with one attached hydrogen (secondary N) is 1. The first kappa shape index (κ1) is 14.1. The van der Waals surface area contributed by atoms with E-state index >= 15 is 0 Å². The van der Waals surface area contributed by atoms with E-state index in [1.54, 1.807) is 0 Å². The maximum Gasteiger partial charge on any atom is 0.416 e. The molecule has 2 aromatic rings. The van der Waals surface area contributed by atoms with Gasteiger partial charge in [0.05, 0.1) is 5.56 Å². The van der Waals surface area contributed by atoms with Gasteiger partial charge in [0, 0.05) is 18.0 Å². The number of benzene rings is 1. The smallest absolute Gasteiger partial charge is 0.334 e. The van der Waals surface area contributed by atoms with Crippen molar-refractivity contribution in [2.24, 2.45) is 0 Å². The molecule has 2 heterocycles. The molecule has 1 aliphatic rings. The van der Waals surface area contributed by atoms with E-state index in [4.69, 9.17) is 4.52 Å². The van der Waals surface area contributed by atoms with E-state index in [0.29, 0.717) is 5.82 Å². The van der Waals surface area contributed by atoms with Gasteiger partial charge in [-0.15, -0.1) is 0 Å². The van der Waals surface area contributed by atoms with Crippen LogP contribution in [0.25, 0.3) is 11.5 Å². The maximum absolute atomic E-state index is 12.7. The van der Waals surface area contributed by atoms with E-state index < -0.39 is 11.7 Å². The van der Waals surface area contributed by atoms with E-state index in [2.05, 4.69) is 15.5 Å². The van der Waals surface area contributed by atoms with Crippen molar-refractivity contribution >= 4 is 0 Å². The first-order valence-corrected chi connectivity index (χ1v) is 6.76. The summed E-state index contributed by atoms with van der Waals surface area (Å²) >= 11 is 0. The van der Waals surface area contributed by atoms with Crippen molar-refractivity contribution < 1.29 is 17.7 Å². The van der Waals surface area contributed by atoms with E-state index in [9.17, 15) is 13.2 Å². The van der Waals surface area contributed by atoms with Crippen molar-refractivity contribution in [2.75, 3.05) is 13.1 Å². The highest BCUT2D eigenvalue weighted by Crippen LogP contribution is 2.32. The largest absolute Gasteiger partial charge is 0.416 e. The Balaban J connectivity index is 1.86. The molecule has 7 heteroatoms. The Morgan fingerprint density at radius 3 is 2.86 bits per heavy atom. The van der Waals surface area contributed by atoms with Crippen LogP contribution in [0.15, 0.2) is 28.8 Å². The number of piperidine rings is 1. The van der Waals surface area contributed by atoms with E-state index in [-0.39, 0.29) is 17.4 Å². The summed E-state index contributed by atoms with van der Waals surface area (Å²) in [6.45, 7) is 1.73. The van der Waals surface area contributed by atoms with Gasteiger partial charge in [0.15, 0.2) is 5.82 Å².